The molecule has 1 aliphatic rings. The van der Waals surface area contributed by atoms with Gasteiger partial charge >= 0.3 is 11.1 Å². The summed E-state index contributed by atoms with van der Waals surface area (Å²) in [6, 6.07) is 6.12. The van der Waals surface area contributed by atoms with Gasteiger partial charge in [0.1, 0.15) is 0 Å². The summed E-state index contributed by atoms with van der Waals surface area (Å²) in [5.74, 6) is 0. The van der Waals surface area contributed by atoms with Crippen molar-refractivity contribution in [2.24, 2.45) is 0 Å². The van der Waals surface area contributed by atoms with E-state index in [0.717, 1.165) is 18.8 Å². The molecule has 1 aliphatic heterocycles. The number of benzene rings is 1. The summed E-state index contributed by atoms with van der Waals surface area (Å²) < 4.78 is 0. The molecule has 0 saturated carbocycles. The van der Waals surface area contributed by atoms with E-state index in [-0.39, 0.29) is 0 Å². The van der Waals surface area contributed by atoms with Crippen LogP contribution in [-0.2, 0) is 0 Å². The molecule has 1 fully saturated rings. The average molecular weight is 288 g/mol. The van der Waals surface area contributed by atoms with Gasteiger partial charge in [0, 0.05) is 18.3 Å². The predicted molar refractivity (Wildman–Crippen MR) is 83.9 cm³/mol. The second kappa shape index (κ2) is 5.73. The Morgan fingerprint density at radius 2 is 1.95 bits per heavy atom. The lowest BCUT2D eigenvalue weighted by Crippen LogP contribution is -2.40. The third-order valence-electron chi connectivity index (χ3n) is 4.19. The van der Waals surface area contributed by atoms with Crippen LogP contribution in [0.5, 0.6) is 0 Å². The Hall–Kier alpha value is -2.08. The minimum absolute atomic E-state index is 0.545. The highest BCUT2D eigenvalue weighted by molar-refractivity contribution is 5.78. The van der Waals surface area contributed by atoms with E-state index in [4.69, 9.17) is 0 Å². The number of hydrogen-bond acceptors (Lipinski definition) is 4. The van der Waals surface area contributed by atoms with Crippen LogP contribution in [0.25, 0.3) is 11.0 Å². The van der Waals surface area contributed by atoms with Crippen molar-refractivity contribution in [2.45, 2.75) is 25.3 Å². The van der Waals surface area contributed by atoms with Gasteiger partial charge in [0.05, 0.1) is 11.0 Å². The molecule has 1 unspecified atom stereocenters. The van der Waals surface area contributed by atoms with Crippen molar-refractivity contribution in [1.82, 2.24) is 14.9 Å². The van der Waals surface area contributed by atoms with Crippen LogP contribution >= 0.6 is 0 Å². The number of fused-ring (bicyclic) bond motifs is 1. The minimum atomic E-state index is -0.619. The minimum Gasteiger partial charge on any atom is -0.383 e. The summed E-state index contributed by atoms with van der Waals surface area (Å²) in [6.07, 6.45) is 3.77. The Labute approximate surface area is 122 Å². The van der Waals surface area contributed by atoms with E-state index in [2.05, 4.69) is 27.2 Å². The molecule has 2 aromatic rings. The zero-order valence-electron chi connectivity index (χ0n) is 12.1. The molecule has 0 aliphatic carbocycles. The number of hydrogen-bond donors (Lipinski definition) is 3. The number of aromatic nitrogens is 2. The van der Waals surface area contributed by atoms with E-state index in [0.29, 0.717) is 17.1 Å². The van der Waals surface area contributed by atoms with Crippen LogP contribution in [0.15, 0.2) is 27.8 Å². The first-order chi connectivity index (χ1) is 10.1. The maximum absolute atomic E-state index is 11.4. The van der Waals surface area contributed by atoms with Crippen molar-refractivity contribution in [3.05, 3.63) is 38.9 Å². The maximum atomic E-state index is 11.4. The SMILES string of the molecule is CN1CCCCC1CNc1ccc2[nH]c(=O)c(=O)[nH]c2c1. The van der Waals surface area contributed by atoms with Crippen LogP contribution in [0, 0.1) is 0 Å². The van der Waals surface area contributed by atoms with Crippen LogP contribution in [0.2, 0.25) is 0 Å². The van der Waals surface area contributed by atoms with Gasteiger partial charge in [-0.2, -0.15) is 0 Å². The van der Waals surface area contributed by atoms with Gasteiger partial charge in [-0.3, -0.25) is 9.59 Å². The Kier molecular flexibility index (Phi) is 3.79. The van der Waals surface area contributed by atoms with E-state index in [9.17, 15) is 9.59 Å². The van der Waals surface area contributed by atoms with Crippen molar-refractivity contribution in [1.29, 1.82) is 0 Å². The smallest absolute Gasteiger partial charge is 0.314 e. The Balaban J connectivity index is 1.76. The largest absolute Gasteiger partial charge is 0.383 e. The fourth-order valence-corrected chi connectivity index (χ4v) is 2.86. The summed E-state index contributed by atoms with van der Waals surface area (Å²) in [5, 5.41) is 3.42. The normalized spacial score (nSPS) is 19.8. The molecular weight excluding hydrogens is 268 g/mol. The lowest BCUT2D eigenvalue weighted by atomic mass is 10.0. The highest BCUT2D eigenvalue weighted by Gasteiger charge is 2.18. The lowest BCUT2D eigenvalue weighted by molar-refractivity contribution is 0.194. The molecule has 0 radical (unpaired) electrons. The number of H-pyrrole nitrogens is 2. The Morgan fingerprint density at radius 1 is 1.19 bits per heavy atom. The van der Waals surface area contributed by atoms with Gasteiger partial charge < -0.3 is 20.2 Å². The van der Waals surface area contributed by atoms with Crippen LogP contribution in [-0.4, -0.2) is 41.0 Å². The van der Waals surface area contributed by atoms with Gasteiger partial charge in [-0.1, -0.05) is 6.42 Å². The first-order valence-corrected chi connectivity index (χ1v) is 7.34. The summed E-state index contributed by atoms with van der Waals surface area (Å²) in [5.41, 5.74) is 0.990. The number of likely N-dealkylation sites (N-methyl/N-ethyl adjacent to an activating group) is 1. The number of aromatic amines is 2. The van der Waals surface area contributed by atoms with Crippen LogP contribution in [0.3, 0.4) is 0 Å². The molecule has 21 heavy (non-hydrogen) atoms. The van der Waals surface area contributed by atoms with Crippen molar-refractivity contribution in [3.8, 4) is 0 Å². The van der Waals surface area contributed by atoms with E-state index >= 15 is 0 Å². The molecule has 2 heterocycles. The number of piperidine rings is 1. The molecule has 3 N–H and O–H groups in total. The molecule has 0 spiro atoms. The molecule has 1 aromatic carbocycles. The molecule has 6 nitrogen and oxygen atoms in total. The van der Waals surface area contributed by atoms with E-state index in [1.165, 1.54) is 19.3 Å². The molecule has 6 heteroatoms. The van der Waals surface area contributed by atoms with Crippen molar-refractivity contribution < 1.29 is 0 Å². The Bertz CT molecular complexity index is 749. The standard InChI is InChI=1S/C15H20N4O2/c1-19-7-3-2-4-11(19)9-16-10-5-6-12-13(8-10)18-15(21)14(20)17-12/h5-6,8,11,16H,2-4,7,9H2,1H3,(H,17,20)(H,18,21). The lowest BCUT2D eigenvalue weighted by Gasteiger charge is -2.32. The van der Waals surface area contributed by atoms with Crippen LogP contribution in [0.1, 0.15) is 19.3 Å². The highest BCUT2D eigenvalue weighted by Crippen LogP contribution is 2.17. The molecule has 3 rings (SSSR count). The van der Waals surface area contributed by atoms with E-state index in [1.54, 1.807) is 6.07 Å². The van der Waals surface area contributed by atoms with E-state index < -0.39 is 11.1 Å². The number of anilines is 1. The van der Waals surface area contributed by atoms with E-state index in [1.807, 2.05) is 12.1 Å². The second-order valence-electron chi connectivity index (χ2n) is 5.68. The molecule has 0 amide bonds. The van der Waals surface area contributed by atoms with Gasteiger partial charge in [0.2, 0.25) is 0 Å². The number of nitrogens with one attached hydrogen (secondary N) is 3. The summed E-state index contributed by atoms with van der Waals surface area (Å²) in [7, 11) is 2.16. The van der Waals surface area contributed by atoms with Gasteiger partial charge in [0.25, 0.3) is 0 Å². The zero-order chi connectivity index (χ0) is 14.8. The molecular formula is C15H20N4O2. The highest BCUT2D eigenvalue weighted by atomic mass is 16.2. The molecule has 1 aromatic heterocycles. The first kappa shape index (κ1) is 13.9. The van der Waals surface area contributed by atoms with Gasteiger partial charge in [-0.05, 0) is 44.6 Å². The first-order valence-electron chi connectivity index (χ1n) is 7.34. The third-order valence-corrected chi connectivity index (χ3v) is 4.19. The number of rotatable bonds is 3. The van der Waals surface area contributed by atoms with Crippen molar-refractivity contribution >= 4 is 16.7 Å². The molecule has 1 saturated heterocycles. The summed E-state index contributed by atoms with van der Waals surface area (Å²) in [6.45, 7) is 2.04. The summed E-state index contributed by atoms with van der Waals surface area (Å²) in [4.78, 5) is 30.2. The fraction of sp³-hybridized carbons (Fsp3) is 0.467. The fourth-order valence-electron chi connectivity index (χ4n) is 2.86. The maximum Gasteiger partial charge on any atom is 0.314 e. The van der Waals surface area contributed by atoms with Crippen LogP contribution in [0.4, 0.5) is 5.69 Å². The number of likely N-dealkylation sites (tertiary alicyclic amines) is 1. The van der Waals surface area contributed by atoms with Gasteiger partial charge in [0.15, 0.2) is 0 Å². The molecule has 1 atom stereocenters. The quantitative estimate of drug-likeness (QED) is 0.739. The topological polar surface area (TPSA) is 81.0 Å². The van der Waals surface area contributed by atoms with Gasteiger partial charge in [-0.15, -0.1) is 0 Å². The molecule has 112 valence electrons. The van der Waals surface area contributed by atoms with Crippen LogP contribution < -0.4 is 16.4 Å². The second-order valence-corrected chi connectivity index (χ2v) is 5.68. The third kappa shape index (κ3) is 3.00. The summed E-state index contributed by atoms with van der Waals surface area (Å²) >= 11 is 0. The predicted octanol–water partition coefficient (Wildman–Crippen LogP) is 1.11. The Morgan fingerprint density at radius 3 is 2.71 bits per heavy atom. The molecule has 0 bridgehead atoms. The van der Waals surface area contributed by atoms with Crippen molar-refractivity contribution in [3.63, 3.8) is 0 Å². The van der Waals surface area contributed by atoms with Crippen molar-refractivity contribution in [2.75, 3.05) is 25.5 Å². The average Bonchev–Trinajstić information content (AvgIpc) is 2.48. The number of nitrogens with zero attached hydrogens (tertiary/aromatic N) is 1. The monoisotopic (exact) mass is 288 g/mol. The van der Waals surface area contributed by atoms with Gasteiger partial charge in [-0.25, -0.2) is 0 Å². The zero-order valence-corrected chi connectivity index (χ0v) is 12.1.